The van der Waals surface area contributed by atoms with Gasteiger partial charge in [-0.1, -0.05) is 199 Å². The molecule has 0 unspecified atom stereocenters. The zero-order valence-corrected chi connectivity index (χ0v) is 43.8. The number of pyridine rings is 1. The Morgan fingerprint density at radius 2 is 0.962 bits per heavy atom. The smallest absolute Gasteiger partial charge is 0.137 e. The van der Waals surface area contributed by atoms with Crippen LogP contribution in [0.2, 0.25) is 0 Å². The lowest BCUT2D eigenvalue weighted by molar-refractivity contribution is 0.483. The van der Waals surface area contributed by atoms with E-state index in [1.807, 2.05) is 48.5 Å². The average Bonchev–Trinajstić information content (AvgIpc) is 0.891. The monoisotopic (exact) mass is 1050 g/mol. The number of para-hydroxylation sites is 3. The molecule has 0 radical (unpaired) electrons. The summed E-state index contributed by atoms with van der Waals surface area (Å²) in [5.74, 6) is 1.47. The molecule has 0 saturated carbocycles. The van der Waals surface area contributed by atoms with Crippen LogP contribution in [0.25, 0.3) is 83.3 Å². The van der Waals surface area contributed by atoms with Gasteiger partial charge in [-0.3, -0.25) is 4.57 Å². The molecule has 0 saturated heterocycles. The van der Waals surface area contributed by atoms with Crippen molar-refractivity contribution < 1.29 is 37.6 Å². The van der Waals surface area contributed by atoms with Gasteiger partial charge in [-0.25, -0.2) is 4.98 Å². The maximum absolute atomic E-state index is 11.0. The lowest BCUT2D eigenvalue weighted by Gasteiger charge is -2.29. The molecule has 1 aliphatic heterocycles. The van der Waals surface area contributed by atoms with Crippen LogP contribution in [-0.2, 0) is 10.8 Å². The van der Waals surface area contributed by atoms with Gasteiger partial charge >= 0.3 is 0 Å². The second-order valence-corrected chi connectivity index (χ2v) is 21.0. The molecule has 384 valence electrons. The predicted molar refractivity (Wildman–Crippen MR) is 332 cm³/mol. The summed E-state index contributed by atoms with van der Waals surface area (Å²) in [7, 11) is 0. The zero-order valence-electron chi connectivity index (χ0n) is 67.8. The van der Waals surface area contributed by atoms with Gasteiger partial charge in [0, 0.05) is 45.9 Å². The van der Waals surface area contributed by atoms with Crippen molar-refractivity contribution >= 4 is 44.6 Å². The van der Waals surface area contributed by atoms with Gasteiger partial charge in [-0.05, 0) is 145 Å². The highest BCUT2D eigenvalue weighted by Gasteiger charge is 2.33. The molecule has 1 aliphatic rings. The highest BCUT2D eigenvalue weighted by molar-refractivity contribution is 6.10. The number of nitrogens with zero attached hydrogens (tertiary/aromatic N) is 4. The summed E-state index contributed by atoms with van der Waals surface area (Å²) < 4.78 is 237. The average molecular weight is 1050 g/mol. The Hall–Kier alpha value is -9.45. The van der Waals surface area contributed by atoms with Gasteiger partial charge in [0.15, 0.2) is 0 Å². The van der Waals surface area contributed by atoms with Crippen LogP contribution in [0.3, 0.4) is 0 Å². The van der Waals surface area contributed by atoms with E-state index in [9.17, 15) is 21.9 Å². The third-order valence-corrected chi connectivity index (χ3v) is 13.8. The summed E-state index contributed by atoms with van der Waals surface area (Å²) in [6.45, 7) is 10.6. The van der Waals surface area contributed by atoms with Gasteiger partial charge in [0.2, 0.25) is 0 Å². The lowest BCUT2D eigenvalue weighted by Crippen LogP contribution is -2.25. The fourth-order valence-electron chi connectivity index (χ4n) is 10.1. The molecule has 0 bridgehead atoms. The van der Waals surface area contributed by atoms with Crippen LogP contribution in [0.4, 0.5) is 22.7 Å². The number of ether oxygens (including phenoxy) is 1. The van der Waals surface area contributed by atoms with E-state index in [4.69, 9.17) is 20.7 Å². The summed E-state index contributed by atoms with van der Waals surface area (Å²) in [4.78, 5) is 8.06. The van der Waals surface area contributed by atoms with Crippen LogP contribution in [0.15, 0.2) is 254 Å². The molecule has 0 aliphatic carbocycles. The van der Waals surface area contributed by atoms with E-state index in [0.717, 1.165) is 27.4 Å². The fraction of sp³-hybridized carbons (Fsp3) is 0.122. The fourth-order valence-corrected chi connectivity index (χ4v) is 10.1. The Balaban J connectivity index is 1.15. The van der Waals surface area contributed by atoms with Crippen molar-refractivity contribution in [1.29, 1.82) is 0 Å². The molecular formula is C74H62N4O. The van der Waals surface area contributed by atoms with Gasteiger partial charge in [0.05, 0.1) is 61.0 Å². The lowest BCUT2D eigenvalue weighted by atomic mass is 9.78. The first-order valence-electron chi connectivity index (χ1n) is 37.5. The van der Waals surface area contributed by atoms with E-state index in [2.05, 4.69) is 31.4 Å². The molecular weight excluding hydrogens is 961 g/mol. The standard InChI is InChI=1S/C74H62N4O/c1-73(2,3)55-40-41-75-70(46-55)78-66-35-20-19-34-60(66)61-39-38-59(48-69(61)78)79-58-33-23-32-57(47-58)76-49-77(68-37-22-21-36-67(68)76)72-64(52-28-15-9-16-29-52)42-54(43-65(72)53-30-17-10-18-31-53)71-62(50-24-11-7-12-25-50)44-56(74(4,5)6)45-63(71)51-26-13-8-14-27-51/h7-48H,49H2,1-6H3/i7D,8D,9D,10D,11D,12D,13D,14D,15D,16D,17D,18D,24D,25D,26D,27D,28D,29D,30D,31D,42D,43D,44D,45D. The third-order valence-electron chi connectivity index (χ3n) is 13.8. The van der Waals surface area contributed by atoms with Gasteiger partial charge in [-0.2, -0.15) is 0 Å². The van der Waals surface area contributed by atoms with Crippen LogP contribution in [-0.4, -0.2) is 16.2 Å². The molecule has 3 heterocycles. The Kier molecular flexibility index (Phi) is 7.37. The molecule has 13 rings (SSSR count). The summed E-state index contributed by atoms with van der Waals surface area (Å²) in [5, 5.41) is 1.92. The SMILES string of the molecule is [2H]c1c([2H])c([2H])c(-c2c([2H])c(C(C)(C)C)c([2H])c(-c3c([2H])c([2H])c([2H])c([2H])c3[2H])c2-c2c([2H])c(-c3c([2H])c([2H])c([2H])c([2H])c3[2H])c(N3CN(c4cccc(Oc5ccc6c7ccccc7n(-c7cc(C(C)(C)C)ccn7)c6c5)c4)c4ccccc43)c(-c3c([2H])c([2H])c([2H])c([2H])c3[2H])c2[2H])c([2H])c1[2H]. The van der Waals surface area contributed by atoms with E-state index < -0.39 is 218 Å². The van der Waals surface area contributed by atoms with Gasteiger partial charge < -0.3 is 14.5 Å². The summed E-state index contributed by atoms with van der Waals surface area (Å²) >= 11 is 0. The molecule has 0 N–H and O–H groups in total. The second kappa shape index (κ2) is 19.8. The number of hydrogen-bond acceptors (Lipinski definition) is 4. The van der Waals surface area contributed by atoms with E-state index in [1.54, 1.807) is 80.4 Å². The first-order chi connectivity index (χ1) is 48.4. The van der Waals surface area contributed by atoms with Gasteiger partial charge in [0.1, 0.15) is 24.0 Å². The van der Waals surface area contributed by atoms with Crippen molar-refractivity contribution in [3.63, 3.8) is 0 Å². The van der Waals surface area contributed by atoms with Gasteiger partial charge in [-0.15, -0.1) is 0 Å². The van der Waals surface area contributed by atoms with Crippen LogP contribution >= 0.6 is 0 Å². The molecule has 0 atom stereocenters. The van der Waals surface area contributed by atoms with Crippen molar-refractivity contribution in [3.05, 3.63) is 265 Å². The Bertz CT molecular complexity index is 5390. The molecule has 2 aromatic heterocycles. The molecule has 0 spiro atoms. The first-order valence-corrected chi connectivity index (χ1v) is 25.5. The molecule has 10 aromatic carbocycles. The number of benzene rings is 10. The molecule has 0 fully saturated rings. The zero-order chi connectivity index (χ0) is 74.7. The van der Waals surface area contributed by atoms with Crippen LogP contribution in [0.1, 0.15) is 85.6 Å². The maximum atomic E-state index is 11.0. The van der Waals surface area contributed by atoms with Crippen molar-refractivity contribution in [2.75, 3.05) is 16.5 Å². The van der Waals surface area contributed by atoms with Crippen molar-refractivity contribution in [1.82, 2.24) is 9.55 Å². The topological polar surface area (TPSA) is 33.5 Å². The molecule has 0 amide bonds. The molecule has 5 heteroatoms. The number of fused-ring (bicyclic) bond motifs is 4. The Morgan fingerprint density at radius 3 is 1.54 bits per heavy atom. The highest BCUT2D eigenvalue weighted by Crippen LogP contribution is 2.53. The summed E-state index contributed by atoms with van der Waals surface area (Å²) in [6.07, 6.45) is 1.79. The number of anilines is 4. The third kappa shape index (κ3) is 9.21. The Morgan fingerprint density at radius 1 is 0.443 bits per heavy atom. The molecule has 79 heavy (non-hydrogen) atoms. The molecule has 5 nitrogen and oxygen atoms in total. The summed E-state index contributed by atoms with van der Waals surface area (Å²) in [5.41, 5.74) is -6.46. The van der Waals surface area contributed by atoms with Crippen LogP contribution in [0.5, 0.6) is 11.5 Å². The van der Waals surface area contributed by atoms with Crippen LogP contribution in [0, 0.1) is 0 Å². The molecule has 12 aromatic rings. The number of aromatic nitrogens is 2. The van der Waals surface area contributed by atoms with E-state index in [0.29, 0.717) is 28.7 Å². The van der Waals surface area contributed by atoms with E-state index in [1.165, 1.54) is 4.90 Å². The van der Waals surface area contributed by atoms with Crippen molar-refractivity contribution in [2.24, 2.45) is 0 Å². The normalized spacial score (nSPS) is 16.8. The largest absolute Gasteiger partial charge is 0.457 e. The highest BCUT2D eigenvalue weighted by atomic mass is 16.5. The van der Waals surface area contributed by atoms with Gasteiger partial charge in [0.25, 0.3) is 0 Å². The van der Waals surface area contributed by atoms with Crippen LogP contribution < -0.4 is 14.5 Å². The van der Waals surface area contributed by atoms with Crippen molar-refractivity contribution in [3.8, 4) is 73.0 Å². The quantitative estimate of drug-likeness (QED) is 0.137. The maximum Gasteiger partial charge on any atom is 0.137 e. The van der Waals surface area contributed by atoms with Crippen molar-refractivity contribution in [2.45, 2.75) is 52.4 Å². The first kappa shape index (κ1) is 29.3. The Labute approximate surface area is 498 Å². The number of hydrogen-bond donors (Lipinski definition) is 0. The minimum Gasteiger partial charge on any atom is -0.457 e. The second-order valence-electron chi connectivity index (χ2n) is 21.0. The number of rotatable bonds is 10. The van der Waals surface area contributed by atoms with E-state index in [-0.39, 0.29) is 16.7 Å². The minimum atomic E-state index is -1.39. The predicted octanol–water partition coefficient (Wildman–Crippen LogP) is 20.1. The van der Waals surface area contributed by atoms with E-state index >= 15 is 0 Å². The summed E-state index contributed by atoms with van der Waals surface area (Å²) in [6, 6.07) is 8.63. The minimum absolute atomic E-state index is 0.192.